The van der Waals surface area contributed by atoms with Gasteiger partial charge >= 0.3 is 7.60 Å². The van der Waals surface area contributed by atoms with E-state index in [0.29, 0.717) is 5.56 Å². The molecular formula is C24H28FNO3P2S. The summed E-state index contributed by atoms with van der Waals surface area (Å²) in [5, 5.41) is 4.07. The summed E-state index contributed by atoms with van der Waals surface area (Å²) in [6.45, 7) is 5.67. The van der Waals surface area contributed by atoms with Crippen molar-refractivity contribution >= 4 is 36.2 Å². The molecule has 0 aliphatic rings. The quantitative estimate of drug-likeness (QED) is 0.358. The summed E-state index contributed by atoms with van der Waals surface area (Å²) >= 11 is 6.34. The maximum absolute atomic E-state index is 14.2. The summed E-state index contributed by atoms with van der Waals surface area (Å²) in [7, 11) is -3.79. The highest BCUT2D eigenvalue weighted by atomic mass is 32.4. The molecule has 8 heteroatoms. The third-order valence-electron chi connectivity index (χ3n) is 5.17. The SMILES string of the molecule is CCOP(=O)(OCC)[C@@](C)(NP(=S)(c1ccccc1)c1ccccc1)c1ccc(F)cc1. The molecule has 0 saturated heterocycles. The molecule has 0 spiro atoms. The highest BCUT2D eigenvalue weighted by molar-refractivity contribution is 8.21. The molecule has 0 heterocycles. The van der Waals surface area contributed by atoms with Gasteiger partial charge in [-0.1, -0.05) is 84.6 Å². The van der Waals surface area contributed by atoms with Crippen LogP contribution in [0.15, 0.2) is 84.9 Å². The minimum atomic E-state index is -3.79. The van der Waals surface area contributed by atoms with Gasteiger partial charge in [-0.05, 0) is 38.5 Å². The first kappa shape index (κ1) is 25.0. The molecule has 0 radical (unpaired) electrons. The van der Waals surface area contributed by atoms with Crippen LogP contribution in [-0.4, -0.2) is 13.2 Å². The van der Waals surface area contributed by atoms with Gasteiger partial charge < -0.3 is 9.05 Å². The van der Waals surface area contributed by atoms with Crippen LogP contribution in [0.25, 0.3) is 0 Å². The third-order valence-corrected chi connectivity index (χ3v) is 12.4. The Kier molecular flexibility index (Phi) is 8.21. The maximum Gasteiger partial charge on any atom is 0.355 e. The van der Waals surface area contributed by atoms with Gasteiger partial charge in [0.2, 0.25) is 0 Å². The molecule has 0 fully saturated rings. The van der Waals surface area contributed by atoms with Crippen molar-refractivity contribution in [2.75, 3.05) is 13.2 Å². The van der Waals surface area contributed by atoms with Crippen molar-refractivity contribution in [3.05, 3.63) is 96.3 Å². The molecule has 4 nitrogen and oxygen atoms in total. The summed E-state index contributed by atoms with van der Waals surface area (Å²) < 4.78 is 39.6. The van der Waals surface area contributed by atoms with Crippen LogP contribution in [0, 0.1) is 5.82 Å². The zero-order chi connectivity index (χ0) is 23.2. The first-order valence-corrected chi connectivity index (χ1v) is 14.8. The number of halogens is 1. The van der Waals surface area contributed by atoms with Crippen LogP contribution < -0.4 is 15.7 Å². The molecule has 0 aliphatic heterocycles. The van der Waals surface area contributed by atoms with Gasteiger partial charge in [0, 0.05) is 10.6 Å². The van der Waals surface area contributed by atoms with E-state index in [1.165, 1.54) is 12.1 Å². The Morgan fingerprint density at radius 2 is 1.28 bits per heavy atom. The summed E-state index contributed by atoms with van der Waals surface area (Å²) in [4.78, 5) is 0. The fraction of sp³-hybridized carbons (Fsp3) is 0.250. The lowest BCUT2D eigenvalue weighted by molar-refractivity contribution is 0.195. The van der Waals surface area contributed by atoms with Crippen molar-refractivity contribution in [1.82, 2.24) is 5.09 Å². The largest absolute Gasteiger partial charge is 0.355 e. The zero-order valence-corrected chi connectivity index (χ0v) is 21.0. The highest BCUT2D eigenvalue weighted by Crippen LogP contribution is 2.66. The van der Waals surface area contributed by atoms with Crippen LogP contribution in [0.3, 0.4) is 0 Å². The fourth-order valence-electron chi connectivity index (χ4n) is 3.55. The summed E-state index contributed by atoms with van der Waals surface area (Å²) in [6, 6.07) is 25.3. The van der Waals surface area contributed by atoms with Gasteiger partial charge in [-0.15, -0.1) is 0 Å². The Bertz CT molecular complexity index is 1060. The van der Waals surface area contributed by atoms with E-state index >= 15 is 0 Å². The monoisotopic (exact) mass is 491 g/mol. The lowest BCUT2D eigenvalue weighted by atomic mass is 10.1. The number of hydrogen-bond donors (Lipinski definition) is 1. The van der Waals surface area contributed by atoms with E-state index in [-0.39, 0.29) is 19.0 Å². The first-order valence-electron chi connectivity index (χ1n) is 10.4. The van der Waals surface area contributed by atoms with Gasteiger partial charge in [-0.2, -0.15) is 0 Å². The lowest BCUT2D eigenvalue weighted by Crippen LogP contribution is -2.43. The topological polar surface area (TPSA) is 47.6 Å². The fourth-order valence-corrected chi connectivity index (χ4v) is 10.2. The molecule has 0 aliphatic carbocycles. The van der Waals surface area contributed by atoms with Crippen LogP contribution in [0.2, 0.25) is 0 Å². The number of nitrogens with one attached hydrogen (secondary N) is 1. The third kappa shape index (κ3) is 4.97. The van der Waals surface area contributed by atoms with Gasteiger partial charge in [0.1, 0.15) is 11.1 Å². The molecular weight excluding hydrogens is 463 g/mol. The average molecular weight is 492 g/mol. The molecule has 3 aromatic rings. The van der Waals surface area contributed by atoms with Crippen molar-refractivity contribution in [3.8, 4) is 0 Å². The second kappa shape index (κ2) is 10.5. The van der Waals surface area contributed by atoms with E-state index in [2.05, 4.69) is 5.09 Å². The van der Waals surface area contributed by atoms with E-state index in [9.17, 15) is 8.96 Å². The Balaban J connectivity index is 2.26. The highest BCUT2D eigenvalue weighted by Gasteiger charge is 2.51. The van der Waals surface area contributed by atoms with Crippen LogP contribution >= 0.6 is 13.8 Å². The standard InChI is InChI=1S/C24H28FNO3P2S/c1-4-28-31(27,29-5-2)24(3,20-16-18-21(25)19-17-20)26-30(32,22-12-8-6-9-13-22)23-14-10-7-11-15-23/h6-19H,4-5H2,1-3H3,(H,26,32)/t24-/m1/s1. The van der Waals surface area contributed by atoms with E-state index in [1.807, 2.05) is 60.7 Å². The Morgan fingerprint density at radius 3 is 1.69 bits per heavy atom. The Labute approximate surface area is 194 Å². The molecule has 0 amide bonds. The van der Waals surface area contributed by atoms with E-state index in [4.69, 9.17) is 20.9 Å². The predicted octanol–water partition coefficient (Wildman–Crippen LogP) is 5.90. The zero-order valence-electron chi connectivity index (χ0n) is 18.4. The van der Waals surface area contributed by atoms with Gasteiger partial charge in [0.15, 0.2) is 0 Å². The number of rotatable bonds is 10. The maximum atomic E-state index is 14.2. The molecule has 32 heavy (non-hydrogen) atoms. The van der Waals surface area contributed by atoms with Gasteiger partial charge in [-0.3, -0.25) is 9.65 Å². The van der Waals surface area contributed by atoms with E-state index in [0.717, 1.165) is 10.6 Å². The molecule has 3 rings (SSSR count). The molecule has 0 unspecified atom stereocenters. The second-order valence-electron chi connectivity index (χ2n) is 7.30. The van der Waals surface area contributed by atoms with Gasteiger partial charge in [0.25, 0.3) is 0 Å². The first-order chi connectivity index (χ1) is 15.3. The van der Waals surface area contributed by atoms with Crippen molar-refractivity contribution in [3.63, 3.8) is 0 Å². The Hall–Kier alpha value is -1.65. The summed E-state index contributed by atoms with van der Waals surface area (Å²) in [5.41, 5.74) is 0.574. The van der Waals surface area contributed by atoms with Crippen LogP contribution in [-0.2, 0) is 30.7 Å². The predicted molar refractivity (Wildman–Crippen MR) is 134 cm³/mol. The van der Waals surface area contributed by atoms with E-state index in [1.54, 1.807) is 32.9 Å². The summed E-state index contributed by atoms with van der Waals surface area (Å²) in [6.07, 6.45) is -2.71. The Morgan fingerprint density at radius 1 is 0.844 bits per heavy atom. The molecule has 3 aromatic carbocycles. The van der Waals surface area contributed by atoms with Crippen molar-refractivity contribution in [1.29, 1.82) is 0 Å². The van der Waals surface area contributed by atoms with Gasteiger partial charge in [-0.25, -0.2) is 4.39 Å². The molecule has 1 N–H and O–H groups in total. The van der Waals surface area contributed by atoms with E-state index < -0.39 is 19.1 Å². The van der Waals surface area contributed by atoms with Crippen molar-refractivity contribution < 1.29 is 18.0 Å². The normalized spacial score (nSPS) is 14.1. The van der Waals surface area contributed by atoms with Gasteiger partial charge in [0.05, 0.1) is 19.4 Å². The second-order valence-corrected chi connectivity index (χ2v) is 13.8. The lowest BCUT2D eigenvalue weighted by Gasteiger charge is -2.41. The number of hydrogen-bond acceptors (Lipinski definition) is 4. The molecule has 0 saturated carbocycles. The smallest absolute Gasteiger partial charge is 0.307 e. The van der Waals surface area contributed by atoms with Crippen LogP contribution in [0.5, 0.6) is 0 Å². The molecule has 0 bridgehead atoms. The molecule has 0 aromatic heterocycles. The molecule has 1 atom stereocenters. The molecule has 170 valence electrons. The van der Waals surface area contributed by atoms with Crippen LogP contribution in [0.1, 0.15) is 26.3 Å². The van der Waals surface area contributed by atoms with Crippen LogP contribution in [0.4, 0.5) is 4.39 Å². The van der Waals surface area contributed by atoms with Crippen molar-refractivity contribution in [2.24, 2.45) is 0 Å². The number of benzene rings is 3. The average Bonchev–Trinajstić information content (AvgIpc) is 2.81. The van der Waals surface area contributed by atoms with Crippen molar-refractivity contribution in [2.45, 2.75) is 26.1 Å². The minimum Gasteiger partial charge on any atom is -0.307 e. The minimum absolute atomic E-state index is 0.190. The summed E-state index contributed by atoms with van der Waals surface area (Å²) in [5.74, 6) is -0.385.